The van der Waals surface area contributed by atoms with E-state index in [0.29, 0.717) is 18.0 Å². The van der Waals surface area contributed by atoms with Gasteiger partial charge in [0.2, 0.25) is 0 Å². The molecule has 0 saturated carbocycles. The minimum absolute atomic E-state index is 0.0730. The summed E-state index contributed by atoms with van der Waals surface area (Å²) in [5.41, 5.74) is 0.236. The first-order valence-electron chi connectivity index (χ1n) is 7.52. The first-order valence-corrected chi connectivity index (χ1v) is 7.52. The molecule has 0 aliphatic heterocycles. The number of non-ortho nitro benzene ring substituents is 1. The molecule has 1 N–H and O–H groups in total. The molecule has 0 aliphatic rings. The number of hydrogen-bond donors (Lipinski definition) is 1. The van der Waals surface area contributed by atoms with Crippen molar-refractivity contribution in [3.8, 4) is 0 Å². The number of ether oxygens (including phenoxy) is 1. The van der Waals surface area contributed by atoms with Gasteiger partial charge in [0, 0.05) is 17.7 Å². The van der Waals surface area contributed by atoms with E-state index < -0.39 is 16.9 Å². The van der Waals surface area contributed by atoms with Crippen molar-refractivity contribution in [1.29, 1.82) is 0 Å². The van der Waals surface area contributed by atoms with Crippen LogP contribution in [0.5, 0.6) is 0 Å². The van der Waals surface area contributed by atoms with Crippen LogP contribution >= 0.6 is 0 Å². The number of benzene rings is 1. The fraction of sp³-hybridized carbons (Fsp3) is 0.500. The van der Waals surface area contributed by atoms with E-state index in [-0.39, 0.29) is 24.5 Å². The number of Topliss-reactive ketones (excluding diaryl/α,β-unsaturated/α-hetero) is 1. The van der Waals surface area contributed by atoms with Crippen LogP contribution in [0.4, 0.5) is 5.69 Å². The number of rotatable bonds is 9. The fourth-order valence-corrected chi connectivity index (χ4v) is 1.97. The lowest BCUT2D eigenvalue weighted by molar-refractivity contribution is -0.384. The van der Waals surface area contributed by atoms with E-state index in [9.17, 15) is 19.7 Å². The molecule has 23 heavy (non-hydrogen) atoms. The lowest BCUT2D eigenvalue weighted by Gasteiger charge is -2.18. The summed E-state index contributed by atoms with van der Waals surface area (Å²) in [6.45, 7) is 6.51. The number of nitro benzene ring substituents is 1. The van der Waals surface area contributed by atoms with Gasteiger partial charge in [0.25, 0.3) is 5.69 Å². The van der Waals surface area contributed by atoms with Crippen molar-refractivity contribution < 1.29 is 19.2 Å². The summed E-state index contributed by atoms with van der Waals surface area (Å²) < 4.78 is 4.90. The number of nitrogens with one attached hydrogen (secondary N) is 1. The van der Waals surface area contributed by atoms with Crippen molar-refractivity contribution in [1.82, 2.24) is 5.32 Å². The molecule has 1 aromatic rings. The largest absolute Gasteiger partial charge is 0.466 e. The third-order valence-electron chi connectivity index (χ3n) is 3.13. The van der Waals surface area contributed by atoms with Gasteiger partial charge < -0.3 is 10.1 Å². The number of carbonyl (C=O) groups is 2. The lowest BCUT2D eigenvalue weighted by atomic mass is 10.0. The Kier molecular flexibility index (Phi) is 7.34. The Morgan fingerprint density at radius 1 is 1.26 bits per heavy atom. The van der Waals surface area contributed by atoms with Crippen LogP contribution in [-0.4, -0.2) is 35.9 Å². The minimum atomic E-state index is -0.710. The zero-order valence-electron chi connectivity index (χ0n) is 13.6. The molecule has 0 aromatic heterocycles. The van der Waals surface area contributed by atoms with Gasteiger partial charge in [0.15, 0.2) is 5.78 Å². The molecule has 7 heteroatoms. The quantitative estimate of drug-likeness (QED) is 0.324. The molecule has 7 nitrogen and oxygen atoms in total. The third kappa shape index (κ3) is 6.15. The smallest absolute Gasteiger partial charge is 0.307 e. The van der Waals surface area contributed by atoms with Crippen molar-refractivity contribution >= 4 is 17.4 Å². The van der Waals surface area contributed by atoms with Gasteiger partial charge in [-0.3, -0.25) is 19.7 Å². The molecule has 0 aliphatic carbocycles. The molecule has 0 heterocycles. The Labute approximate surface area is 135 Å². The summed E-state index contributed by atoms with van der Waals surface area (Å²) in [5.74, 6) is -0.429. The maximum Gasteiger partial charge on any atom is 0.307 e. The van der Waals surface area contributed by atoms with Crippen LogP contribution in [0.1, 0.15) is 37.6 Å². The molecule has 0 saturated heterocycles. The topological polar surface area (TPSA) is 98.5 Å². The molecular weight excluding hydrogens is 300 g/mol. The van der Waals surface area contributed by atoms with Gasteiger partial charge in [-0.2, -0.15) is 0 Å². The van der Waals surface area contributed by atoms with E-state index in [4.69, 9.17) is 4.74 Å². The molecule has 126 valence electrons. The van der Waals surface area contributed by atoms with Crippen LogP contribution in [0, 0.1) is 16.0 Å². The highest BCUT2D eigenvalue weighted by atomic mass is 16.6. The third-order valence-corrected chi connectivity index (χ3v) is 3.13. The predicted molar refractivity (Wildman–Crippen MR) is 85.3 cm³/mol. The maximum atomic E-state index is 12.5. The number of esters is 1. The van der Waals surface area contributed by atoms with Crippen LogP contribution in [0.2, 0.25) is 0 Å². The van der Waals surface area contributed by atoms with E-state index in [1.807, 2.05) is 13.8 Å². The van der Waals surface area contributed by atoms with Gasteiger partial charge in [-0.05, 0) is 31.5 Å². The Hall–Kier alpha value is -2.28. The molecule has 1 unspecified atom stereocenters. The second-order valence-electron chi connectivity index (χ2n) is 5.53. The van der Waals surface area contributed by atoms with Gasteiger partial charge in [-0.25, -0.2) is 0 Å². The van der Waals surface area contributed by atoms with Gasteiger partial charge in [-0.15, -0.1) is 0 Å². The second kappa shape index (κ2) is 8.99. The van der Waals surface area contributed by atoms with E-state index in [2.05, 4.69) is 5.32 Å². The average Bonchev–Trinajstić information content (AvgIpc) is 2.51. The summed E-state index contributed by atoms with van der Waals surface area (Å²) in [5, 5.41) is 13.7. The molecule has 1 aromatic carbocycles. The van der Waals surface area contributed by atoms with E-state index >= 15 is 0 Å². The Morgan fingerprint density at radius 3 is 2.35 bits per heavy atom. The summed E-state index contributed by atoms with van der Waals surface area (Å²) in [6.07, 6.45) is -0.0730. The first-order chi connectivity index (χ1) is 10.8. The predicted octanol–water partition coefficient (Wildman–Crippen LogP) is 2.34. The molecule has 0 amide bonds. The Morgan fingerprint density at radius 2 is 1.87 bits per heavy atom. The number of nitro groups is 1. The molecule has 0 spiro atoms. The Balaban J connectivity index is 2.87. The van der Waals surface area contributed by atoms with Crippen molar-refractivity contribution in [2.24, 2.45) is 5.92 Å². The van der Waals surface area contributed by atoms with Crippen molar-refractivity contribution in [3.05, 3.63) is 39.9 Å². The summed E-state index contributed by atoms with van der Waals surface area (Å²) in [7, 11) is 0. The van der Waals surface area contributed by atoms with E-state index in [1.165, 1.54) is 24.3 Å². The summed E-state index contributed by atoms with van der Waals surface area (Å²) in [6, 6.07) is 4.64. The minimum Gasteiger partial charge on any atom is -0.466 e. The number of nitrogens with zero attached hydrogens (tertiary/aromatic N) is 1. The fourth-order valence-electron chi connectivity index (χ4n) is 1.97. The van der Waals surface area contributed by atoms with E-state index in [1.54, 1.807) is 6.92 Å². The van der Waals surface area contributed by atoms with Crippen molar-refractivity contribution in [3.63, 3.8) is 0 Å². The molecule has 0 fully saturated rings. The number of carbonyl (C=O) groups excluding carboxylic acids is 2. The van der Waals surface area contributed by atoms with Crippen LogP contribution in [-0.2, 0) is 9.53 Å². The second-order valence-corrected chi connectivity index (χ2v) is 5.53. The first kappa shape index (κ1) is 18.8. The molecule has 0 bridgehead atoms. The van der Waals surface area contributed by atoms with Crippen molar-refractivity contribution in [2.75, 3.05) is 13.2 Å². The monoisotopic (exact) mass is 322 g/mol. The van der Waals surface area contributed by atoms with Crippen LogP contribution < -0.4 is 5.32 Å². The van der Waals surface area contributed by atoms with Gasteiger partial charge >= 0.3 is 5.97 Å². The Bertz CT molecular complexity index is 554. The standard InChI is InChI=1S/C16H22N2O5/c1-4-23-15(19)9-14(17-10-11(2)3)16(20)12-5-7-13(8-6-12)18(21)22/h5-8,11,14,17H,4,9-10H2,1-3H3. The SMILES string of the molecule is CCOC(=O)CC(NCC(C)C)C(=O)c1ccc([N+](=O)[O-])cc1. The zero-order chi connectivity index (χ0) is 17.4. The normalized spacial score (nSPS) is 12.0. The zero-order valence-corrected chi connectivity index (χ0v) is 13.6. The van der Waals surface area contributed by atoms with Gasteiger partial charge in [-0.1, -0.05) is 13.8 Å². The maximum absolute atomic E-state index is 12.5. The molecule has 0 radical (unpaired) electrons. The van der Waals surface area contributed by atoms with Crippen molar-refractivity contribution in [2.45, 2.75) is 33.2 Å². The highest BCUT2D eigenvalue weighted by Gasteiger charge is 2.24. The van der Waals surface area contributed by atoms with Crippen LogP contribution in [0.25, 0.3) is 0 Å². The van der Waals surface area contributed by atoms with Gasteiger partial charge in [0.1, 0.15) is 0 Å². The summed E-state index contributed by atoms with van der Waals surface area (Å²) >= 11 is 0. The molecule has 1 rings (SSSR count). The van der Waals surface area contributed by atoms with Crippen LogP contribution in [0.15, 0.2) is 24.3 Å². The molecule has 1 atom stereocenters. The molecular formula is C16H22N2O5. The number of ketones is 1. The lowest BCUT2D eigenvalue weighted by Crippen LogP contribution is -2.40. The van der Waals surface area contributed by atoms with Gasteiger partial charge in [0.05, 0.1) is 24.0 Å². The summed E-state index contributed by atoms with van der Waals surface area (Å²) in [4.78, 5) is 34.3. The highest BCUT2D eigenvalue weighted by Crippen LogP contribution is 2.14. The average molecular weight is 322 g/mol. The van der Waals surface area contributed by atoms with Crippen LogP contribution in [0.3, 0.4) is 0 Å². The van der Waals surface area contributed by atoms with E-state index in [0.717, 1.165) is 0 Å². The number of hydrogen-bond acceptors (Lipinski definition) is 6. The highest BCUT2D eigenvalue weighted by molar-refractivity contribution is 6.02.